The number of Topliss-reactive ketones (excluding diaryl/α,β-unsaturated/α-hetero) is 2. The number of fused-ring (bicyclic) bond motifs is 1. The van der Waals surface area contributed by atoms with E-state index in [-0.39, 0.29) is 23.2 Å². The second kappa shape index (κ2) is 4.76. The van der Waals surface area contributed by atoms with Gasteiger partial charge in [-0.1, -0.05) is 24.3 Å². The fourth-order valence-corrected chi connectivity index (χ4v) is 2.19. The molecule has 1 amide bonds. The molecule has 5 nitrogen and oxygen atoms in total. The van der Waals surface area contributed by atoms with Crippen LogP contribution >= 0.6 is 0 Å². The first-order valence-corrected chi connectivity index (χ1v) is 5.87. The van der Waals surface area contributed by atoms with Crippen LogP contribution in [0.15, 0.2) is 29.3 Å². The molecule has 0 spiro atoms. The number of benzene rings is 1. The average Bonchev–Trinajstić information content (AvgIpc) is 2.41. The summed E-state index contributed by atoms with van der Waals surface area (Å²) in [6.07, 6.45) is 0. The minimum absolute atomic E-state index is 0.112. The highest BCUT2D eigenvalue weighted by Crippen LogP contribution is 2.22. The second-order valence-electron chi connectivity index (χ2n) is 4.38. The maximum atomic E-state index is 12.5. The molecule has 19 heavy (non-hydrogen) atoms. The summed E-state index contributed by atoms with van der Waals surface area (Å²) in [6.45, 7) is 1.35. The van der Waals surface area contributed by atoms with Crippen LogP contribution in [0.25, 0.3) is 0 Å². The smallest absolute Gasteiger partial charge is 0.220 e. The van der Waals surface area contributed by atoms with Crippen molar-refractivity contribution in [3.8, 4) is 0 Å². The maximum absolute atomic E-state index is 12.5. The minimum atomic E-state index is -0.926. The topological polar surface area (TPSA) is 66.8 Å². The van der Waals surface area contributed by atoms with Crippen LogP contribution in [0.3, 0.4) is 0 Å². The summed E-state index contributed by atoms with van der Waals surface area (Å²) in [5, 5.41) is 0. The molecule has 5 heteroatoms. The maximum Gasteiger partial charge on any atom is 0.220 e. The van der Waals surface area contributed by atoms with Crippen molar-refractivity contribution in [1.82, 2.24) is 4.90 Å². The van der Waals surface area contributed by atoms with Gasteiger partial charge in [0, 0.05) is 32.1 Å². The van der Waals surface area contributed by atoms with Gasteiger partial charge in [-0.3, -0.25) is 19.4 Å². The minimum Gasteiger partial charge on any atom is -0.330 e. The molecule has 1 aromatic carbocycles. The normalized spacial score (nSPS) is 20.4. The summed E-state index contributed by atoms with van der Waals surface area (Å²) in [4.78, 5) is 41.4. The number of rotatable bonds is 1. The largest absolute Gasteiger partial charge is 0.330 e. The number of nitrogens with zero attached hydrogens (tertiary/aromatic N) is 2. The zero-order chi connectivity index (χ0) is 14.2. The van der Waals surface area contributed by atoms with Gasteiger partial charge in [-0.15, -0.1) is 0 Å². The lowest BCUT2D eigenvalue weighted by Gasteiger charge is -2.30. The highest BCUT2D eigenvalue weighted by Gasteiger charge is 2.41. The van der Waals surface area contributed by atoms with E-state index in [1.54, 1.807) is 24.3 Å². The van der Waals surface area contributed by atoms with Crippen LogP contribution in [0, 0.1) is 0 Å². The Morgan fingerprint density at radius 3 is 2.32 bits per heavy atom. The molecule has 2 rings (SSSR count). The molecule has 1 atom stereocenters. The van der Waals surface area contributed by atoms with Crippen molar-refractivity contribution < 1.29 is 14.4 Å². The first kappa shape index (κ1) is 13.1. The number of carbonyl (C=O) groups is 3. The highest BCUT2D eigenvalue weighted by atomic mass is 16.2. The first-order chi connectivity index (χ1) is 8.99. The molecule has 1 aliphatic rings. The highest BCUT2D eigenvalue weighted by molar-refractivity contribution is 6.55. The van der Waals surface area contributed by atoms with E-state index in [1.165, 1.54) is 25.9 Å². The van der Waals surface area contributed by atoms with Gasteiger partial charge in [0.1, 0.15) is 11.8 Å². The molecule has 0 saturated heterocycles. The Morgan fingerprint density at radius 2 is 1.79 bits per heavy atom. The van der Waals surface area contributed by atoms with Gasteiger partial charge in [-0.25, -0.2) is 0 Å². The van der Waals surface area contributed by atoms with E-state index in [9.17, 15) is 14.4 Å². The van der Waals surface area contributed by atoms with Crippen molar-refractivity contribution in [2.45, 2.75) is 13.0 Å². The SMILES string of the molecule is CN=C1C(=O)c2ccccc2C(=O)[C@H]1N(C)C(C)=O. The fraction of sp³-hybridized carbons (Fsp3) is 0.286. The van der Waals surface area contributed by atoms with Crippen LogP contribution in [0.5, 0.6) is 0 Å². The Hall–Kier alpha value is -2.30. The molecular formula is C14H14N2O3. The summed E-state index contributed by atoms with van der Waals surface area (Å²) >= 11 is 0. The van der Waals surface area contributed by atoms with Crippen LogP contribution in [0.2, 0.25) is 0 Å². The molecule has 98 valence electrons. The van der Waals surface area contributed by atoms with E-state index < -0.39 is 6.04 Å². The third-order valence-electron chi connectivity index (χ3n) is 3.30. The average molecular weight is 258 g/mol. The van der Waals surface area contributed by atoms with Gasteiger partial charge in [-0.05, 0) is 0 Å². The Labute approximate surface area is 110 Å². The van der Waals surface area contributed by atoms with Crippen LogP contribution in [-0.4, -0.2) is 48.2 Å². The number of hydrogen-bond donors (Lipinski definition) is 0. The van der Waals surface area contributed by atoms with E-state index in [1.807, 2.05) is 0 Å². The predicted molar refractivity (Wildman–Crippen MR) is 70.7 cm³/mol. The quantitative estimate of drug-likeness (QED) is 0.754. The number of amides is 1. The van der Waals surface area contributed by atoms with Crippen LogP contribution < -0.4 is 0 Å². The van der Waals surface area contributed by atoms with Crippen molar-refractivity contribution in [3.63, 3.8) is 0 Å². The monoisotopic (exact) mass is 258 g/mol. The molecule has 0 radical (unpaired) electrons. The summed E-state index contributed by atoms with van der Waals surface area (Å²) in [6, 6.07) is 5.67. The van der Waals surface area contributed by atoms with E-state index in [0.717, 1.165) is 0 Å². The van der Waals surface area contributed by atoms with E-state index in [2.05, 4.69) is 4.99 Å². The Balaban J connectivity index is 2.62. The molecule has 0 fully saturated rings. The molecule has 0 bridgehead atoms. The molecule has 0 saturated carbocycles. The van der Waals surface area contributed by atoms with Crippen molar-refractivity contribution in [1.29, 1.82) is 0 Å². The Kier molecular flexibility index (Phi) is 3.29. The second-order valence-corrected chi connectivity index (χ2v) is 4.38. The van der Waals surface area contributed by atoms with Gasteiger partial charge in [0.05, 0.1) is 0 Å². The number of carbonyl (C=O) groups excluding carboxylic acids is 3. The molecule has 0 aromatic heterocycles. The first-order valence-electron chi connectivity index (χ1n) is 5.87. The number of ketones is 2. The van der Waals surface area contributed by atoms with E-state index in [0.29, 0.717) is 11.1 Å². The van der Waals surface area contributed by atoms with E-state index in [4.69, 9.17) is 0 Å². The summed E-state index contributed by atoms with van der Waals surface area (Å²) in [5.74, 6) is -0.851. The van der Waals surface area contributed by atoms with Crippen LogP contribution in [0.4, 0.5) is 0 Å². The van der Waals surface area contributed by atoms with Gasteiger partial charge < -0.3 is 4.90 Å². The standard InChI is InChI=1S/C14H14N2O3/c1-8(17)16(3)12-11(15-2)13(18)9-6-4-5-7-10(9)14(12)19/h4-7,12H,1-3H3/t12-/m0/s1. The van der Waals surface area contributed by atoms with Gasteiger partial charge in [0.2, 0.25) is 11.7 Å². The molecule has 1 aliphatic carbocycles. The summed E-state index contributed by atoms with van der Waals surface area (Å²) < 4.78 is 0. The zero-order valence-corrected chi connectivity index (χ0v) is 11.0. The molecule has 0 aliphatic heterocycles. The molecular weight excluding hydrogens is 244 g/mol. The zero-order valence-electron chi connectivity index (χ0n) is 11.0. The Morgan fingerprint density at radius 1 is 1.21 bits per heavy atom. The third kappa shape index (κ3) is 1.97. The van der Waals surface area contributed by atoms with Gasteiger partial charge >= 0.3 is 0 Å². The summed E-state index contributed by atoms with van der Waals surface area (Å²) in [7, 11) is 2.95. The van der Waals surface area contributed by atoms with Crippen LogP contribution in [-0.2, 0) is 4.79 Å². The lowest BCUT2D eigenvalue weighted by Crippen LogP contribution is -2.52. The van der Waals surface area contributed by atoms with Crippen molar-refractivity contribution in [2.24, 2.45) is 4.99 Å². The van der Waals surface area contributed by atoms with E-state index >= 15 is 0 Å². The molecule has 0 unspecified atom stereocenters. The van der Waals surface area contributed by atoms with Gasteiger partial charge in [0.25, 0.3) is 0 Å². The number of hydrogen-bond acceptors (Lipinski definition) is 4. The third-order valence-corrected chi connectivity index (χ3v) is 3.30. The van der Waals surface area contributed by atoms with Crippen molar-refractivity contribution >= 4 is 23.2 Å². The molecule has 1 aromatic rings. The predicted octanol–water partition coefficient (Wildman–Crippen LogP) is 0.983. The molecule has 0 heterocycles. The number of aliphatic imine (C=N–C) groups is 1. The lowest BCUT2D eigenvalue weighted by molar-refractivity contribution is -0.127. The van der Waals surface area contributed by atoms with Crippen LogP contribution in [0.1, 0.15) is 27.6 Å². The number of likely N-dealkylation sites (N-methyl/N-ethyl adjacent to an activating group) is 1. The van der Waals surface area contributed by atoms with Crippen molar-refractivity contribution in [3.05, 3.63) is 35.4 Å². The summed E-state index contributed by atoms with van der Waals surface area (Å²) in [5.41, 5.74) is 0.806. The Bertz CT molecular complexity index is 604. The molecule has 0 N–H and O–H groups in total. The fourth-order valence-electron chi connectivity index (χ4n) is 2.19. The van der Waals surface area contributed by atoms with Gasteiger partial charge in [-0.2, -0.15) is 0 Å². The van der Waals surface area contributed by atoms with Gasteiger partial charge in [0.15, 0.2) is 5.78 Å². The lowest BCUT2D eigenvalue weighted by atomic mass is 9.84. The van der Waals surface area contributed by atoms with Crippen molar-refractivity contribution in [2.75, 3.05) is 14.1 Å².